The molecule has 7 nitrogen and oxygen atoms in total. The second kappa shape index (κ2) is 12.4. The van der Waals surface area contributed by atoms with E-state index in [0.717, 1.165) is 81.5 Å². The lowest BCUT2D eigenvalue weighted by molar-refractivity contribution is 0.745. The number of hydrogen-bond donors (Lipinski definition) is 1. The maximum absolute atomic E-state index is 5.75. The third kappa shape index (κ3) is 6.23. The molecule has 4 heterocycles. The van der Waals surface area contributed by atoms with Crippen LogP contribution in [0, 0.1) is 27.7 Å². The van der Waals surface area contributed by atoms with Crippen molar-refractivity contribution in [3.63, 3.8) is 0 Å². The van der Waals surface area contributed by atoms with Crippen molar-refractivity contribution < 1.29 is 0 Å². The number of aryl methyl sites for hydroxylation is 6. The Morgan fingerprint density at radius 3 is 1.43 bits per heavy atom. The molecule has 2 aromatic carbocycles. The zero-order chi connectivity index (χ0) is 30.0. The minimum Gasteiger partial charge on any atom is -0.399 e. The molecule has 0 amide bonds. The molecule has 0 aliphatic carbocycles. The van der Waals surface area contributed by atoms with E-state index in [1.165, 1.54) is 22.3 Å². The lowest BCUT2D eigenvalue weighted by Crippen LogP contribution is -2.05. The van der Waals surface area contributed by atoms with Gasteiger partial charge in [0, 0.05) is 34.4 Å². The van der Waals surface area contributed by atoms with Gasteiger partial charge in [0.05, 0.1) is 13.1 Å². The Bertz CT molecular complexity index is 1710. The average molecular weight is 625 g/mol. The zero-order valence-electron chi connectivity index (χ0n) is 25.2. The highest BCUT2D eigenvalue weighted by molar-refractivity contribution is 9.10. The van der Waals surface area contributed by atoms with Gasteiger partial charge in [-0.15, -0.1) is 0 Å². The van der Waals surface area contributed by atoms with Crippen molar-refractivity contribution in [2.75, 3.05) is 5.73 Å². The van der Waals surface area contributed by atoms with Crippen molar-refractivity contribution in [1.29, 1.82) is 0 Å². The van der Waals surface area contributed by atoms with Gasteiger partial charge in [0.25, 0.3) is 0 Å². The van der Waals surface area contributed by atoms with Gasteiger partial charge in [0.1, 0.15) is 22.7 Å². The molecule has 0 saturated heterocycles. The third-order valence-corrected chi connectivity index (χ3v) is 7.94. The summed E-state index contributed by atoms with van der Waals surface area (Å²) >= 11 is 3.48. The summed E-state index contributed by atoms with van der Waals surface area (Å²) in [5.74, 6) is 2.16. The van der Waals surface area contributed by atoms with Gasteiger partial charge in [0.2, 0.25) is 0 Å². The van der Waals surface area contributed by atoms with Crippen LogP contribution in [0.5, 0.6) is 0 Å². The number of nitrogens with two attached hydrogens (primary N) is 1. The highest BCUT2D eigenvalue weighted by Gasteiger charge is 2.15. The van der Waals surface area contributed by atoms with Gasteiger partial charge < -0.3 is 14.9 Å². The van der Waals surface area contributed by atoms with Crippen molar-refractivity contribution in [3.8, 4) is 0 Å². The molecule has 2 N–H and O–H groups in total. The Hall–Kier alpha value is -4.04. The lowest BCUT2D eigenvalue weighted by atomic mass is 10.2. The lowest BCUT2D eigenvalue weighted by Gasteiger charge is -2.08. The van der Waals surface area contributed by atoms with Gasteiger partial charge in [-0.2, -0.15) is 0 Å². The Morgan fingerprint density at radius 2 is 1.02 bits per heavy atom. The maximum atomic E-state index is 5.75. The van der Waals surface area contributed by atoms with E-state index in [-0.39, 0.29) is 0 Å². The average Bonchev–Trinajstić information content (AvgIpc) is 3.49. The van der Waals surface area contributed by atoms with Gasteiger partial charge in [-0.05, 0) is 86.3 Å². The fourth-order valence-corrected chi connectivity index (χ4v) is 5.61. The van der Waals surface area contributed by atoms with Gasteiger partial charge in [0.15, 0.2) is 11.3 Å². The van der Waals surface area contributed by atoms with Gasteiger partial charge in [-0.1, -0.05) is 54.0 Å². The molecular weight excluding hydrogens is 586 g/mol. The minimum atomic E-state index is 0.774. The van der Waals surface area contributed by atoms with Crippen molar-refractivity contribution in [1.82, 2.24) is 29.1 Å². The number of aromatic nitrogens is 6. The molecule has 0 unspecified atom stereocenters. The van der Waals surface area contributed by atoms with Crippen molar-refractivity contribution in [2.45, 2.75) is 67.5 Å². The SMILES string of the molecule is CCc1nc2c(C)cc(C)nc2n1Cc1ccc(Br)cc1.CCc1nc2c(C)cc(C)nc2n1Cc1ccc(N)cc1. The number of imidazole rings is 2. The maximum Gasteiger partial charge on any atom is 0.160 e. The van der Waals surface area contributed by atoms with Crippen LogP contribution >= 0.6 is 15.9 Å². The number of hydrogen-bond acceptors (Lipinski definition) is 5. The molecule has 8 heteroatoms. The monoisotopic (exact) mass is 623 g/mol. The Labute approximate surface area is 256 Å². The first-order valence-electron chi connectivity index (χ1n) is 14.4. The molecule has 0 atom stereocenters. The zero-order valence-corrected chi connectivity index (χ0v) is 26.8. The fraction of sp³-hybridized carbons (Fsp3) is 0.294. The molecule has 0 saturated carbocycles. The second-order valence-electron chi connectivity index (χ2n) is 10.8. The summed E-state index contributed by atoms with van der Waals surface area (Å²) in [5.41, 5.74) is 17.5. The highest BCUT2D eigenvalue weighted by Crippen LogP contribution is 2.23. The van der Waals surface area contributed by atoms with Crippen molar-refractivity contribution in [3.05, 3.63) is 110 Å². The van der Waals surface area contributed by atoms with E-state index in [0.29, 0.717) is 0 Å². The highest BCUT2D eigenvalue weighted by atomic mass is 79.9. The number of anilines is 1. The number of rotatable bonds is 6. The van der Waals surface area contributed by atoms with Crippen LogP contribution in [0.3, 0.4) is 0 Å². The number of halogens is 1. The molecule has 0 aliphatic heterocycles. The van der Waals surface area contributed by atoms with Crippen molar-refractivity contribution >= 4 is 43.9 Å². The standard InChI is InChI=1S/C17H18BrN3.C17H20N4/c2*1-4-15-20-16-11(2)9-12(3)19-17(16)21(15)10-13-5-7-14(18)8-6-13/h5-9H,4,10H2,1-3H3;5-9H,4,10,18H2,1-3H3. The molecule has 0 spiro atoms. The molecule has 0 aliphatic rings. The number of benzene rings is 2. The molecule has 42 heavy (non-hydrogen) atoms. The summed E-state index contributed by atoms with van der Waals surface area (Å²) in [4.78, 5) is 18.9. The van der Waals surface area contributed by atoms with Crippen molar-refractivity contribution in [2.24, 2.45) is 0 Å². The molecule has 216 valence electrons. The molecule has 6 aromatic rings. The molecule has 4 aromatic heterocycles. The van der Waals surface area contributed by atoms with E-state index in [9.17, 15) is 0 Å². The molecule has 0 radical (unpaired) electrons. The molecular formula is C34H38BrN7. The van der Waals surface area contributed by atoms with E-state index >= 15 is 0 Å². The smallest absolute Gasteiger partial charge is 0.160 e. The minimum absolute atomic E-state index is 0.774. The first kappa shape index (κ1) is 29.5. The Morgan fingerprint density at radius 1 is 0.619 bits per heavy atom. The van der Waals surface area contributed by atoms with E-state index in [4.69, 9.17) is 25.7 Å². The summed E-state index contributed by atoms with van der Waals surface area (Å²) in [7, 11) is 0. The van der Waals surface area contributed by atoms with Crippen LogP contribution in [0.15, 0.2) is 65.1 Å². The molecule has 6 rings (SSSR count). The van der Waals surface area contributed by atoms with Gasteiger partial charge >= 0.3 is 0 Å². The second-order valence-corrected chi connectivity index (χ2v) is 11.7. The first-order valence-corrected chi connectivity index (χ1v) is 15.2. The first-order chi connectivity index (χ1) is 20.2. The summed E-state index contributed by atoms with van der Waals surface area (Å²) < 4.78 is 5.54. The van der Waals surface area contributed by atoms with Crippen LogP contribution < -0.4 is 5.73 Å². The number of nitrogens with zero attached hydrogens (tertiary/aromatic N) is 6. The summed E-state index contributed by atoms with van der Waals surface area (Å²) in [5, 5.41) is 0. The number of fused-ring (bicyclic) bond motifs is 2. The van der Waals surface area contributed by atoms with Crippen LogP contribution in [0.2, 0.25) is 0 Å². The van der Waals surface area contributed by atoms with Crippen LogP contribution in [-0.2, 0) is 25.9 Å². The van der Waals surface area contributed by atoms with E-state index in [1.54, 1.807) is 0 Å². The van der Waals surface area contributed by atoms with E-state index in [1.807, 2.05) is 26.0 Å². The van der Waals surface area contributed by atoms with Crippen LogP contribution in [0.4, 0.5) is 5.69 Å². The van der Waals surface area contributed by atoms with Crippen LogP contribution in [-0.4, -0.2) is 29.1 Å². The predicted molar refractivity (Wildman–Crippen MR) is 176 cm³/mol. The van der Waals surface area contributed by atoms with E-state index in [2.05, 4.69) is 101 Å². The third-order valence-electron chi connectivity index (χ3n) is 7.41. The quantitative estimate of drug-likeness (QED) is 0.192. The topological polar surface area (TPSA) is 87.4 Å². The fourth-order valence-electron chi connectivity index (χ4n) is 5.35. The molecule has 0 bridgehead atoms. The van der Waals surface area contributed by atoms with Crippen LogP contribution in [0.25, 0.3) is 22.3 Å². The van der Waals surface area contributed by atoms with E-state index < -0.39 is 0 Å². The number of nitrogen functional groups attached to an aromatic ring is 1. The van der Waals surface area contributed by atoms with Gasteiger partial charge in [-0.3, -0.25) is 0 Å². The summed E-state index contributed by atoms with van der Waals surface area (Å²) in [6, 6.07) is 20.6. The van der Waals surface area contributed by atoms with Gasteiger partial charge in [-0.25, -0.2) is 19.9 Å². The molecule has 0 fully saturated rings. The summed E-state index contributed by atoms with van der Waals surface area (Å²) in [6.45, 7) is 14.1. The Balaban J connectivity index is 0.000000168. The number of pyridine rings is 2. The normalized spacial score (nSPS) is 11.2. The predicted octanol–water partition coefficient (Wildman–Crippen LogP) is 7.66. The summed E-state index contributed by atoms with van der Waals surface area (Å²) in [6.07, 6.45) is 1.80. The van der Waals surface area contributed by atoms with Crippen LogP contribution in [0.1, 0.15) is 59.1 Å². The Kier molecular flexibility index (Phi) is 8.73. The largest absolute Gasteiger partial charge is 0.399 e.